The molecule has 3 rings (SSSR count). The summed E-state index contributed by atoms with van der Waals surface area (Å²) < 4.78 is 1.04. The van der Waals surface area contributed by atoms with Crippen LogP contribution in [-0.4, -0.2) is 11.3 Å². The molecule has 0 saturated carbocycles. The molecule has 0 fully saturated rings. The standard InChI is InChI=1S/C19H14BrNO/c20-15-8-10-16(11-9-15)21-13-3-4-14-7-12-19(22)18-6-2-1-5-17(14)18/h1-13,22H. The van der Waals surface area contributed by atoms with Gasteiger partial charge in [0.1, 0.15) is 5.75 Å². The Morgan fingerprint density at radius 2 is 1.59 bits per heavy atom. The molecule has 0 heterocycles. The molecular weight excluding hydrogens is 338 g/mol. The molecule has 1 N–H and O–H groups in total. The Morgan fingerprint density at radius 1 is 0.864 bits per heavy atom. The molecule has 108 valence electrons. The minimum atomic E-state index is 0.302. The zero-order chi connectivity index (χ0) is 15.4. The molecule has 0 bridgehead atoms. The van der Waals surface area contributed by atoms with E-state index >= 15 is 0 Å². The first-order valence-electron chi connectivity index (χ1n) is 6.91. The lowest BCUT2D eigenvalue weighted by molar-refractivity contribution is 0.481. The van der Waals surface area contributed by atoms with Gasteiger partial charge in [-0.2, -0.15) is 0 Å². The second-order valence-corrected chi connectivity index (χ2v) is 5.75. The lowest BCUT2D eigenvalue weighted by Crippen LogP contribution is -1.79. The highest BCUT2D eigenvalue weighted by Crippen LogP contribution is 2.28. The Kier molecular flexibility index (Phi) is 4.35. The van der Waals surface area contributed by atoms with Gasteiger partial charge in [-0.3, -0.25) is 4.99 Å². The van der Waals surface area contributed by atoms with Gasteiger partial charge in [0.15, 0.2) is 0 Å². The lowest BCUT2D eigenvalue weighted by atomic mass is 10.0. The number of allylic oxidation sites excluding steroid dienone is 1. The van der Waals surface area contributed by atoms with Crippen molar-refractivity contribution in [1.82, 2.24) is 0 Å². The molecule has 2 nitrogen and oxygen atoms in total. The van der Waals surface area contributed by atoms with Gasteiger partial charge in [0.05, 0.1) is 5.69 Å². The van der Waals surface area contributed by atoms with Gasteiger partial charge in [-0.25, -0.2) is 0 Å². The van der Waals surface area contributed by atoms with Crippen LogP contribution in [0.3, 0.4) is 0 Å². The van der Waals surface area contributed by atoms with Crippen LogP contribution in [0.15, 0.2) is 76.2 Å². The van der Waals surface area contributed by atoms with E-state index in [1.807, 2.05) is 66.7 Å². The van der Waals surface area contributed by atoms with Crippen LogP contribution in [0.1, 0.15) is 5.56 Å². The van der Waals surface area contributed by atoms with Crippen molar-refractivity contribution >= 4 is 44.7 Å². The first-order chi connectivity index (χ1) is 10.7. The molecule has 0 aliphatic carbocycles. The summed E-state index contributed by atoms with van der Waals surface area (Å²) in [6.45, 7) is 0. The average molecular weight is 352 g/mol. The van der Waals surface area contributed by atoms with Crippen LogP contribution >= 0.6 is 15.9 Å². The van der Waals surface area contributed by atoms with Gasteiger partial charge in [-0.1, -0.05) is 52.3 Å². The fraction of sp³-hybridized carbons (Fsp3) is 0. The SMILES string of the molecule is Oc1ccc(C=CC=Nc2ccc(Br)cc2)c2ccccc12. The second-order valence-electron chi connectivity index (χ2n) is 4.83. The maximum Gasteiger partial charge on any atom is 0.123 e. The van der Waals surface area contributed by atoms with Crippen molar-refractivity contribution in [3.05, 3.63) is 76.8 Å². The highest BCUT2D eigenvalue weighted by molar-refractivity contribution is 9.10. The largest absolute Gasteiger partial charge is 0.507 e. The summed E-state index contributed by atoms with van der Waals surface area (Å²) in [5.74, 6) is 0.302. The zero-order valence-corrected chi connectivity index (χ0v) is 13.4. The molecule has 0 unspecified atom stereocenters. The van der Waals surface area contributed by atoms with Crippen LogP contribution < -0.4 is 0 Å². The number of phenols is 1. The predicted octanol–water partition coefficient (Wildman–Crippen LogP) is 5.72. The van der Waals surface area contributed by atoms with Crippen molar-refractivity contribution in [3.8, 4) is 5.75 Å². The van der Waals surface area contributed by atoms with E-state index < -0.39 is 0 Å². The zero-order valence-electron chi connectivity index (χ0n) is 11.8. The van der Waals surface area contributed by atoms with E-state index in [0.29, 0.717) is 5.75 Å². The molecule has 3 aromatic carbocycles. The predicted molar refractivity (Wildman–Crippen MR) is 96.9 cm³/mol. The second kappa shape index (κ2) is 6.58. The average Bonchev–Trinajstić information content (AvgIpc) is 2.55. The molecule has 0 amide bonds. The Balaban J connectivity index is 1.84. The van der Waals surface area contributed by atoms with E-state index in [0.717, 1.165) is 26.5 Å². The van der Waals surface area contributed by atoms with Crippen molar-refractivity contribution in [2.75, 3.05) is 0 Å². The molecular formula is C19H14BrNO. The van der Waals surface area contributed by atoms with Crippen LogP contribution in [-0.2, 0) is 0 Å². The summed E-state index contributed by atoms with van der Waals surface area (Å²) in [5.41, 5.74) is 1.96. The van der Waals surface area contributed by atoms with Gasteiger partial charge in [0.2, 0.25) is 0 Å². The molecule has 0 aromatic heterocycles. The number of nitrogens with zero attached hydrogens (tertiary/aromatic N) is 1. The van der Waals surface area contributed by atoms with Gasteiger partial charge in [-0.05, 0) is 47.4 Å². The summed E-state index contributed by atoms with van der Waals surface area (Å²) in [7, 11) is 0. The Bertz CT molecular complexity index is 851. The van der Waals surface area contributed by atoms with E-state index in [1.165, 1.54) is 0 Å². The molecule has 0 radical (unpaired) electrons. The van der Waals surface area contributed by atoms with Crippen LogP contribution in [0.5, 0.6) is 5.75 Å². The molecule has 0 aliphatic heterocycles. The molecule has 0 atom stereocenters. The summed E-state index contributed by atoms with van der Waals surface area (Å²) in [5, 5.41) is 11.8. The Hall–Kier alpha value is -2.39. The van der Waals surface area contributed by atoms with E-state index in [1.54, 1.807) is 12.3 Å². The maximum atomic E-state index is 9.88. The number of aromatic hydroxyl groups is 1. The van der Waals surface area contributed by atoms with Crippen LogP contribution in [0.4, 0.5) is 5.69 Å². The topological polar surface area (TPSA) is 32.6 Å². The quantitative estimate of drug-likeness (QED) is 0.601. The van der Waals surface area contributed by atoms with Crippen LogP contribution in [0.25, 0.3) is 16.8 Å². The molecule has 3 heteroatoms. The number of phenolic OH excluding ortho intramolecular Hbond substituents is 1. The van der Waals surface area contributed by atoms with Crippen LogP contribution in [0.2, 0.25) is 0 Å². The molecule has 0 spiro atoms. The highest BCUT2D eigenvalue weighted by atomic mass is 79.9. The first-order valence-corrected chi connectivity index (χ1v) is 7.70. The Labute approximate surface area is 137 Å². The van der Waals surface area contributed by atoms with Crippen molar-refractivity contribution in [2.24, 2.45) is 4.99 Å². The number of hydrogen-bond acceptors (Lipinski definition) is 2. The van der Waals surface area contributed by atoms with E-state index in [2.05, 4.69) is 20.9 Å². The number of fused-ring (bicyclic) bond motifs is 1. The van der Waals surface area contributed by atoms with Gasteiger partial charge < -0.3 is 5.11 Å². The number of halogens is 1. The van der Waals surface area contributed by atoms with Crippen molar-refractivity contribution < 1.29 is 5.11 Å². The van der Waals surface area contributed by atoms with E-state index in [-0.39, 0.29) is 0 Å². The number of hydrogen-bond donors (Lipinski definition) is 1. The van der Waals surface area contributed by atoms with Crippen LogP contribution in [0, 0.1) is 0 Å². The van der Waals surface area contributed by atoms with Gasteiger partial charge in [0, 0.05) is 16.1 Å². The maximum absolute atomic E-state index is 9.88. The van der Waals surface area contributed by atoms with E-state index in [4.69, 9.17) is 0 Å². The summed E-state index contributed by atoms with van der Waals surface area (Å²) in [6, 6.07) is 19.2. The molecule has 0 aliphatic rings. The highest BCUT2D eigenvalue weighted by Gasteiger charge is 2.01. The third-order valence-electron chi connectivity index (χ3n) is 3.35. The minimum Gasteiger partial charge on any atom is -0.507 e. The van der Waals surface area contributed by atoms with E-state index in [9.17, 15) is 5.11 Å². The van der Waals surface area contributed by atoms with Crippen molar-refractivity contribution in [1.29, 1.82) is 0 Å². The molecule has 22 heavy (non-hydrogen) atoms. The summed E-state index contributed by atoms with van der Waals surface area (Å²) >= 11 is 3.40. The normalized spacial score (nSPS) is 11.7. The smallest absolute Gasteiger partial charge is 0.123 e. The fourth-order valence-corrected chi connectivity index (χ4v) is 2.52. The number of rotatable bonds is 3. The lowest BCUT2D eigenvalue weighted by Gasteiger charge is -2.03. The van der Waals surface area contributed by atoms with Gasteiger partial charge in [0.25, 0.3) is 0 Å². The monoisotopic (exact) mass is 351 g/mol. The third-order valence-corrected chi connectivity index (χ3v) is 3.88. The summed E-state index contributed by atoms with van der Waals surface area (Å²) in [6.07, 6.45) is 5.66. The third kappa shape index (κ3) is 3.26. The van der Waals surface area contributed by atoms with Gasteiger partial charge >= 0.3 is 0 Å². The fourth-order valence-electron chi connectivity index (χ4n) is 2.25. The number of benzene rings is 3. The molecule has 0 saturated heterocycles. The van der Waals surface area contributed by atoms with Crippen molar-refractivity contribution in [2.45, 2.75) is 0 Å². The Morgan fingerprint density at radius 3 is 2.36 bits per heavy atom. The summed E-state index contributed by atoms with van der Waals surface area (Å²) in [4.78, 5) is 4.38. The minimum absolute atomic E-state index is 0.302. The van der Waals surface area contributed by atoms with Crippen molar-refractivity contribution in [3.63, 3.8) is 0 Å². The number of aliphatic imine (C=N–C) groups is 1. The molecule has 3 aromatic rings. The van der Waals surface area contributed by atoms with Gasteiger partial charge in [-0.15, -0.1) is 0 Å². The first kappa shape index (κ1) is 14.5.